The van der Waals surface area contributed by atoms with Gasteiger partial charge in [-0.15, -0.1) is 0 Å². The molecule has 5 amide bonds. The van der Waals surface area contributed by atoms with Crippen molar-refractivity contribution in [3.63, 3.8) is 0 Å². The SMILES string of the molecule is NC(=O)c1ccc(-n2nc(-c3ccc(C(=O)NCCCNC(=O)CCCC[C@@H]4SC[C@@H]5NC(=O)N[C@@H]54)cc3)c3ccccc32)cc1. The van der Waals surface area contributed by atoms with Crippen LogP contribution in [0.5, 0.6) is 0 Å². The molecular formula is C34H37N7O4S. The van der Waals surface area contributed by atoms with Gasteiger partial charge >= 0.3 is 6.03 Å². The van der Waals surface area contributed by atoms with Crippen molar-refractivity contribution < 1.29 is 19.2 Å². The molecule has 0 unspecified atom stereocenters. The number of urea groups is 1. The highest BCUT2D eigenvalue weighted by Gasteiger charge is 2.42. The largest absolute Gasteiger partial charge is 0.366 e. The van der Waals surface area contributed by atoms with Gasteiger partial charge in [0.15, 0.2) is 0 Å². The van der Waals surface area contributed by atoms with Crippen LogP contribution in [0.4, 0.5) is 4.79 Å². The number of amides is 5. The van der Waals surface area contributed by atoms with Crippen molar-refractivity contribution >= 4 is 46.4 Å². The lowest BCUT2D eigenvalue weighted by atomic mass is 10.0. The summed E-state index contributed by atoms with van der Waals surface area (Å²) in [6.45, 7) is 0.949. The Bertz CT molecular complexity index is 1740. The van der Waals surface area contributed by atoms with Gasteiger partial charge in [-0.05, 0) is 61.7 Å². The van der Waals surface area contributed by atoms with Crippen LogP contribution >= 0.6 is 11.8 Å². The molecule has 3 atom stereocenters. The molecule has 2 fully saturated rings. The van der Waals surface area contributed by atoms with E-state index in [1.165, 1.54) is 0 Å². The molecular weight excluding hydrogens is 602 g/mol. The number of carbonyl (C=O) groups excluding carboxylic acids is 4. The smallest absolute Gasteiger partial charge is 0.315 e. The molecule has 6 N–H and O–H groups in total. The summed E-state index contributed by atoms with van der Waals surface area (Å²) in [6.07, 6.45) is 3.86. The molecule has 3 aromatic carbocycles. The molecule has 1 aromatic heterocycles. The van der Waals surface area contributed by atoms with Crippen molar-refractivity contribution in [3.8, 4) is 16.9 Å². The first-order valence-electron chi connectivity index (χ1n) is 15.6. The minimum absolute atomic E-state index is 0.0207. The van der Waals surface area contributed by atoms with Crippen LogP contribution in [0, 0.1) is 0 Å². The number of carbonyl (C=O) groups is 4. The van der Waals surface area contributed by atoms with Crippen molar-refractivity contribution in [1.82, 2.24) is 31.0 Å². The first-order valence-corrected chi connectivity index (χ1v) is 16.6. The molecule has 12 heteroatoms. The molecule has 2 saturated heterocycles. The Morgan fingerprint density at radius 1 is 0.891 bits per heavy atom. The van der Waals surface area contributed by atoms with E-state index in [1.54, 1.807) is 24.3 Å². The van der Waals surface area contributed by atoms with Crippen molar-refractivity contribution in [2.45, 2.75) is 49.4 Å². The highest BCUT2D eigenvalue weighted by atomic mass is 32.2. The Morgan fingerprint density at radius 2 is 1.63 bits per heavy atom. The topological polar surface area (TPSA) is 160 Å². The monoisotopic (exact) mass is 639 g/mol. The van der Waals surface area contributed by atoms with E-state index in [0.717, 1.165) is 52.9 Å². The number of nitrogens with two attached hydrogens (primary N) is 1. The number of primary amides is 1. The number of nitrogens with zero attached hydrogens (tertiary/aromatic N) is 2. The minimum Gasteiger partial charge on any atom is -0.366 e. The normalized spacial score (nSPS) is 18.5. The maximum atomic E-state index is 12.8. The average Bonchev–Trinajstić information content (AvgIpc) is 3.75. The van der Waals surface area contributed by atoms with Gasteiger partial charge in [-0.3, -0.25) is 14.4 Å². The molecule has 0 aliphatic carbocycles. The van der Waals surface area contributed by atoms with Gasteiger partial charge in [0.1, 0.15) is 5.69 Å². The van der Waals surface area contributed by atoms with Gasteiger partial charge < -0.3 is 27.0 Å². The lowest BCUT2D eigenvalue weighted by molar-refractivity contribution is -0.121. The molecule has 238 valence electrons. The average molecular weight is 640 g/mol. The van der Waals surface area contributed by atoms with Gasteiger partial charge in [0.2, 0.25) is 11.8 Å². The van der Waals surface area contributed by atoms with E-state index in [0.29, 0.717) is 42.3 Å². The fraction of sp³-hybridized carbons (Fsp3) is 0.324. The van der Waals surface area contributed by atoms with E-state index in [1.807, 2.05) is 65.0 Å². The van der Waals surface area contributed by atoms with Gasteiger partial charge in [-0.1, -0.05) is 36.8 Å². The highest BCUT2D eigenvalue weighted by Crippen LogP contribution is 2.33. The van der Waals surface area contributed by atoms with Crippen LogP contribution in [-0.2, 0) is 4.79 Å². The molecule has 3 heterocycles. The maximum absolute atomic E-state index is 12.8. The Labute approximate surface area is 271 Å². The van der Waals surface area contributed by atoms with Gasteiger partial charge in [-0.2, -0.15) is 16.9 Å². The molecule has 4 aromatic rings. The summed E-state index contributed by atoms with van der Waals surface area (Å²) in [5, 5.41) is 18.1. The number of hydrogen-bond acceptors (Lipinski definition) is 6. The number of benzene rings is 3. The molecule has 0 bridgehead atoms. The molecule has 2 aliphatic heterocycles. The Kier molecular flexibility index (Phi) is 9.53. The van der Waals surface area contributed by atoms with Crippen LogP contribution in [0.1, 0.15) is 52.8 Å². The van der Waals surface area contributed by atoms with Gasteiger partial charge in [0.05, 0.1) is 23.3 Å². The Morgan fingerprint density at radius 3 is 2.41 bits per heavy atom. The first-order chi connectivity index (χ1) is 22.4. The van der Waals surface area contributed by atoms with E-state index in [9.17, 15) is 19.2 Å². The number of para-hydroxylation sites is 1. The van der Waals surface area contributed by atoms with Crippen molar-refractivity contribution in [3.05, 3.63) is 83.9 Å². The Hall–Kier alpha value is -4.84. The van der Waals surface area contributed by atoms with E-state index >= 15 is 0 Å². The lowest BCUT2D eigenvalue weighted by Gasteiger charge is -2.16. The molecule has 6 rings (SSSR count). The summed E-state index contributed by atoms with van der Waals surface area (Å²) in [7, 11) is 0. The van der Waals surface area contributed by atoms with E-state index in [2.05, 4.69) is 21.3 Å². The number of rotatable bonds is 13. The number of nitrogens with one attached hydrogen (secondary N) is 4. The third-order valence-electron chi connectivity index (χ3n) is 8.45. The number of aromatic nitrogens is 2. The van der Waals surface area contributed by atoms with Crippen molar-refractivity contribution in [2.24, 2.45) is 5.73 Å². The van der Waals surface area contributed by atoms with Crippen LogP contribution < -0.4 is 27.0 Å². The summed E-state index contributed by atoms with van der Waals surface area (Å²) in [6, 6.07) is 22.6. The first kappa shape index (κ1) is 31.2. The zero-order valence-electron chi connectivity index (χ0n) is 25.3. The summed E-state index contributed by atoms with van der Waals surface area (Å²) in [5.74, 6) is 0.304. The minimum atomic E-state index is -0.483. The number of hydrogen-bond donors (Lipinski definition) is 5. The second kappa shape index (κ2) is 14.1. The molecule has 11 nitrogen and oxygen atoms in total. The summed E-state index contributed by atoms with van der Waals surface area (Å²) >= 11 is 1.89. The predicted octanol–water partition coefficient (Wildman–Crippen LogP) is 3.75. The second-order valence-electron chi connectivity index (χ2n) is 11.6. The van der Waals surface area contributed by atoms with E-state index < -0.39 is 5.91 Å². The molecule has 0 spiro atoms. The van der Waals surface area contributed by atoms with Crippen LogP contribution in [0.15, 0.2) is 72.8 Å². The fourth-order valence-electron chi connectivity index (χ4n) is 6.01. The zero-order chi connectivity index (χ0) is 32.0. The van der Waals surface area contributed by atoms with Crippen LogP contribution in [0.25, 0.3) is 27.8 Å². The Balaban J connectivity index is 0.940. The quantitative estimate of drug-likeness (QED) is 0.111. The third-order valence-corrected chi connectivity index (χ3v) is 9.95. The van der Waals surface area contributed by atoms with Gasteiger partial charge in [0.25, 0.3) is 5.91 Å². The zero-order valence-corrected chi connectivity index (χ0v) is 26.1. The van der Waals surface area contributed by atoms with E-state index in [4.69, 9.17) is 10.8 Å². The number of thioether (sulfide) groups is 1. The lowest BCUT2D eigenvalue weighted by Crippen LogP contribution is -2.36. The highest BCUT2D eigenvalue weighted by molar-refractivity contribution is 8.00. The van der Waals surface area contributed by atoms with E-state index in [-0.39, 0.29) is 29.9 Å². The molecule has 2 aliphatic rings. The van der Waals surface area contributed by atoms with Gasteiger partial charge in [-0.25, -0.2) is 9.48 Å². The summed E-state index contributed by atoms with van der Waals surface area (Å²) in [4.78, 5) is 48.0. The van der Waals surface area contributed by atoms with Crippen LogP contribution in [0.2, 0.25) is 0 Å². The van der Waals surface area contributed by atoms with Crippen LogP contribution in [0.3, 0.4) is 0 Å². The number of fused-ring (bicyclic) bond motifs is 2. The molecule has 46 heavy (non-hydrogen) atoms. The number of unbranched alkanes of at least 4 members (excludes halogenated alkanes) is 1. The predicted molar refractivity (Wildman–Crippen MR) is 179 cm³/mol. The molecule has 0 radical (unpaired) electrons. The second-order valence-corrected chi connectivity index (χ2v) is 12.9. The van der Waals surface area contributed by atoms with Crippen molar-refractivity contribution in [1.29, 1.82) is 0 Å². The maximum Gasteiger partial charge on any atom is 0.315 e. The fourth-order valence-corrected chi connectivity index (χ4v) is 7.55. The molecule has 0 saturated carbocycles. The third kappa shape index (κ3) is 7.02. The standard InChI is InChI=1S/C34H37N7O4S/c35-32(43)22-14-16-24(17-15-22)41-27-7-2-1-6-25(27)30(40-41)21-10-12-23(13-11-21)33(44)37-19-5-18-36-29(42)9-4-3-8-28-31-26(20-46-28)38-34(45)39-31/h1-2,6-7,10-17,26,28,31H,3-5,8-9,18-20H2,(H2,35,43)(H,36,42)(H,37,44)(H2,38,39,45)/t26-,28-,31-/m0/s1. The van der Waals surface area contributed by atoms with Crippen LogP contribution in [-0.4, -0.2) is 69.7 Å². The summed E-state index contributed by atoms with van der Waals surface area (Å²) < 4.78 is 1.83. The van der Waals surface area contributed by atoms with Crippen molar-refractivity contribution in [2.75, 3.05) is 18.8 Å². The summed E-state index contributed by atoms with van der Waals surface area (Å²) in [5.41, 5.74) is 9.73. The van der Waals surface area contributed by atoms with Gasteiger partial charge in [0, 0.05) is 52.6 Å².